The molecule has 6 heteroatoms. The lowest BCUT2D eigenvalue weighted by atomic mass is 10.2. The van der Waals surface area contributed by atoms with Gasteiger partial charge in [0.2, 0.25) is 10.9 Å². The average Bonchev–Trinajstić information content (AvgIpc) is 2.99. The van der Waals surface area contributed by atoms with Gasteiger partial charge >= 0.3 is 0 Å². The fourth-order valence-electron chi connectivity index (χ4n) is 1.84. The van der Waals surface area contributed by atoms with Crippen molar-refractivity contribution in [2.75, 3.05) is 5.32 Å². The lowest BCUT2D eigenvalue weighted by Crippen LogP contribution is -2.09. The van der Waals surface area contributed by atoms with Crippen molar-refractivity contribution in [1.82, 2.24) is 14.6 Å². The number of benzene rings is 1. The SMILES string of the molecule is C/C=C/C(=O)Nc1nc2scc(-c3ccccc3)n2n1. The highest BCUT2D eigenvalue weighted by atomic mass is 32.1. The predicted octanol–water partition coefficient (Wildman–Crippen LogP) is 2.97. The minimum Gasteiger partial charge on any atom is -0.290 e. The number of aromatic nitrogens is 3. The van der Waals surface area contributed by atoms with Gasteiger partial charge < -0.3 is 0 Å². The zero-order valence-corrected chi connectivity index (χ0v) is 11.6. The maximum absolute atomic E-state index is 11.5. The van der Waals surface area contributed by atoms with E-state index in [1.54, 1.807) is 17.5 Å². The molecule has 100 valence electrons. The van der Waals surface area contributed by atoms with Gasteiger partial charge in [-0.1, -0.05) is 36.4 Å². The molecule has 2 aromatic heterocycles. The first-order valence-corrected chi connectivity index (χ1v) is 6.99. The van der Waals surface area contributed by atoms with E-state index in [4.69, 9.17) is 0 Å². The second kappa shape index (κ2) is 5.26. The molecule has 20 heavy (non-hydrogen) atoms. The fraction of sp³-hybridized carbons (Fsp3) is 0.0714. The van der Waals surface area contributed by atoms with Crippen LogP contribution in [-0.4, -0.2) is 20.5 Å². The lowest BCUT2D eigenvalue weighted by Gasteiger charge is -1.97. The Morgan fingerprint density at radius 2 is 2.15 bits per heavy atom. The van der Waals surface area contributed by atoms with E-state index in [0.717, 1.165) is 16.2 Å². The van der Waals surface area contributed by atoms with Crippen LogP contribution >= 0.6 is 11.3 Å². The summed E-state index contributed by atoms with van der Waals surface area (Å²) in [6, 6.07) is 9.95. The van der Waals surface area contributed by atoms with Gasteiger partial charge in [0.1, 0.15) is 0 Å². The summed E-state index contributed by atoms with van der Waals surface area (Å²) in [7, 11) is 0. The number of nitrogens with zero attached hydrogens (tertiary/aromatic N) is 3. The Morgan fingerprint density at radius 1 is 1.35 bits per heavy atom. The second-order valence-corrected chi connectivity index (χ2v) is 4.94. The van der Waals surface area contributed by atoms with Crippen LogP contribution in [0.2, 0.25) is 0 Å². The van der Waals surface area contributed by atoms with Gasteiger partial charge in [-0.05, 0) is 13.0 Å². The van der Waals surface area contributed by atoms with Crippen LogP contribution in [0.15, 0.2) is 47.9 Å². The molecule has 0 aliphatic rings. The van der Waals surface area contributed by atoms with Crippen LogP contribution in [0, 0.1) is 0 Å². The number of rotatable bonds is 3. The second-order valence-electron chi connectivity index (χ2n) is 4.11. The van der Waals surface area contributed by atoms with Crippen LogP contribution < -0.4 is 5.32 Å². The predicted molar refractivity (Wildman–Crippen MR) is 79.7 cm³/mol. The monoisotopic (exact) mass is 284 g/mol. The largest absolute Gasteiger partial charge is 0.290 e. The first-order chi connectivity index (χ1) is 9.78. The Labute approximate surface area is 119 Å². The van der Waals surface area contributed by atoms with Crippen LogP contribution in [0.3, 0.4) is 0 Å². The molecule has 0 spiro atoms. The number of carbonyl (C=O) groups is 1. The fourth-order valence-corrected chi connectivity index (χ4v) is 2.68. The van der Waals surface area contributed by atoms with E-state index in [1.807, 2.05) is 35.7 Å². The quantitative estimate of drug-likeness (QED) is 0.752. The Kier molecular flexibility index (Phi) is 3.30. The van der Waals surface area contributed by atoms with Crippen molar-refractivity contribution in [3.63, 3.8) is 0 Å². The van der Waals surface area contributed by atoms with Gasteiger partial charge in [0.25, 0.3) is 5.95 Å². The maximum atomic E-state index is 11.5. The van der Waals surface area contributed by atoms with Crippen molar-refractivity contribution in [3.8, 4) is 11.3 Å². The molecule has 0 radical (unpaired) electrons. The third-order valence-corrected chi connectivity index (χ3v) is 3.52. The molecule has 0 aliphatic carbocycles. The van der Waals surface area contributed by atoms with Crippen molar-refractivity contribution in [1.29, 1.82) is 0 Å². The summed E-state index contributed by atoms with van der Waals surface area (Å²) in [6.07, 6.45) is 3.11. The van der Waals surface area contributed by atoms with Crippen LogP contribution in [0.5, 0.6) is 0 Å². The van der Waals surface area contributed by atoms with Crippen LogP contribution in [0.25, 0.3) is 16.2 Å². The Hall–Kier alpha value is -2.47. The van der Waals surface area contributed by atoms with Crippen molar-refractivity contribution in [2.24, 2.45) is 0 Å². The van der Waals surface area contributed by atoms with Gasteiger partial charge in [-0.15, -0.1) is 16.4 Å². The molecule has 0 aliphatic heterocycles. The van der Waals surface area contributed by atoms with Crippen molar-refractivity contribution in [3.05, 3.63) is 47.9 Å². The minimum absolute atomic E-state index is 0.230. The molecule has 3 aromatic rings. The van der Waals surface area contributed by atoms with E-state index in [9.17, 15) is 4.79 Å². The van der Waals surface area contributed by atoms with Crippen molar-refractivity contribution < 1.29 is 4.79 Å². The Bertz CT molecular complexity index is 773. The first-order valence-electron chi connectivity index (χ1n) is 6.11. The van der Waals surface area contributed by atoms with Gasteiger partial charge in [0, 0.05) is 10.9 Å². The minimum atomic E-state index is -0.230. The van der Waals surface area contributed by atoms with E-state index in [2.05, 4.69) is 15.4 Å². The first kappa shape index (κ1) is 12.6. The van der Waals surface area contributed by atoms with Crippen LogP contribution in [0.4, 0.5) is 5.95 Å². The smallest absolute Gasteiger partial charge is 0.250 e. The highest BCUT2D eigenvalue weighted by molar-refractivity contribution is 7.15. The summed E-state index contributed by atoms with van der Waals surface area (Å²) >= 11 is 1.49. The molecule has 2 heterocycles. The molecule has 0 fully saturated rings. The summed E-state index contributed by atoms with van der Waals surface area (Å²) in [4.78, 5) is 16.5. The third kappa shape index (κ3) is 2.33. The summed E-state index contributed by atoms with van der Waals surface area (Å²) < 4.78 is 1.74. The number of thiazole rings is 1. The normalized spacial score (nSPS) is 11.2. The highest BCUT2D eigenvalue weighted by Crippen LogP contribution is 2.25. The molecule has 0 unspecified atom stereocenters. The third-order valence-electron chi connectivity index (χ3n) is 2.70. The number of anilines is 1. The van der Waals surface area contributed by atoms with Crippen molar-refractivity contribution >= 4 is 28.2 Å². The Balaban J connectivity index is 1.97. The summed E-state index contributed by atoms with van der Waals surface area (Å²) in [5.74, 6) is 0.0872. The van der Waals surface area contributed by atoms with Crippen LogP contribution in [-0.2, 0) is 4.79 Å². The number of amides is 1. The topological polar surface area (TPSA) is 59.3 Å². The number of nitrogens with one attached hydrogen (secondary N) is 1. The molecule has 0 atom stereocenters. The number of carbonyl (C=O) groups excluding carboxylic acids is 1. The zero-order chi connectivity index (χ0) is 13.9. The summed E-state index contributed by atoms with van der Waals surface area (Å²) in [5.41, 5.74) is 2.03. The van der Waals surface area contributed by atoms with Gasteiger partial charge in [0.15, 0.2) is 0 Å². The highest BCUT2D eigenvalue weighted by Gasteiger charge is 2.12. The molecule has 1 aromatic carbocycles. The van der Waals surface area contributed by atoms with Crippen molar-refractivity contribution in [2.45, 2.75) is 6.92 Å². The molecule has 5 nitrogen and oxygen atoms in total. The number of hydrogen-bond acceptors (Lipinski definition) is 4. The standard InChI is InChI=1S/C14H12N4OS/c1-2-6-12(19)15-13-16-14-18(17-13)11(9-20-14)10-7-4-3-5-8-10/h2-9H,1H3,(H,15,17,19)/b6-2+. The summed E-state index contributed by atoms with van der Waals surface area (Å²) in [5, 5.41) is 8.96. The van der Waals surface area contributed by atoms with E-state index in [1.165, 1.54) is 17.4 Å². The van der Waals surface area contributed by atoms with E-state index >= 15 is 0 Å². The molecule has 0 saturated carbocycles. The van der Waals surface area contributed by atoms with Gasteiger partial charge in [0.05, 0.1) is 5.69 Å². The zero-order valence-electron chi connectivity index (χ0n) is 10.8. The summed E-state index contributed by atoms with van der Waals surface area (Å²) in [6.45, 7) is 1.78. The van der Waals surface area contributed by atoms with E-state index in [-0.39, 0.29) is 5.91 Å². The molecular weight excluding hydrogens is 272 g/mol. The maximum Gasteiger partial charge on any atom is 0.250 e. The number of hydrogen-bond donors (Lipinski definition) is 1. The number of fused-ring (bicyclic) bond motifs is 1. The van der Waals surface area contributed by atoms with E-state index in [0.29, 0.717) is 5.95 Å². The lowest BCUT2D eigenvalue weighted by molar-refractivity contribution is -0.111. The molecular formula is C14H12N4OS. The molecule has 1 amide bonds. The molecule has 0 bridgehead atoms. The van der Waals surface area contributed by atoms with Crippen LogP contribution in [0.1, 0.15) is 6.92 Å². The molecule has 0 saturated heterocycles. The van der Waals surface area contributed by atoms with E-state index < -0.39 is 0 Å². The van der Waals surface area contributed by atoms with Gasteiger partial charge in [-0.25, -0.2) is 4.52 Å². The number of allylic oxidation sites excluding steroid dienone is 1. The Morgan fingerprint density at radius 3 is 2.90 bits per heavy atom. The van der Waals surface area contributed by atoms with Gasteiger partial charge in [-0.2, -0.15) is 4.98 Å². The molecule has 3 rings (SSSR count). The van der Waals surface area contributed by atoms with Gasteiger partial charge in [-0.3, -0.25) is 10.1 Å². The average molecular weight is 284 g/mol. The molecule has 1 N–H and O–H groups in total.